The molecule has 0 saturated carbocycles. The molecule has 0 aromatic heterocycles. The first-order valence-corrected chi connectivity index (χ1v) is 11.6. The molecule has 0 aliphatic carbocycles. The standard InChI is InChI=1S/C24H28ClN5O2/c1-27-21-20(22(31)30(24(27)32)14-5-9-17-7-3-2-4-8-17)29-16-6-15-28(23(29)26-21)19-12-10-18(25)11-13-19/h2-4,7-8,10-13,20-21,23,26H,5-6,9,14-16H2,1H3. The molecule has 3 heterocycles. The number of halogens is 1. The molecular weight excluding hydrogens is 426 g/mol. The van der Waals surface area contributed by atoms with E-state index in [4.69, 9.17) is 11.6 Å². The van der Waals surface area contributed by atoms with Gasteiger partial charge in [-0.2, -0.15) is 0 Å². The number of fused-ring (bicyclic) bond motifs is 3. The van der Waals surface area contributed by atoms with E-state index in [0.717, 1.165) is 38.0 Å². The number of imide groups is 1. The van der Waals surface area contributed by atoms with Crippen molar-refractivity contribution in [2.45, 2.75) is 37.8 Å². The zero-order valence-corrected chi connectivity index (χ0v) is 18.9. The molecule has 3 unspecified atom stereocenters. The number of carbonyl (C=O) groups is 2. The minimum absolute atomic E-state index is 0.0980. The second-order valence-corrected chi connectivity index (χ2v) is 9.10. The molecule has 3 aliphatic rings. The van der Waals surface area contributed by atoms with E-state index in [0.29, 0.717) is 11.6 Å². The molecule has 32 heavy (non-hydrogen) atoms. The van der Waals surface area contributed by atoms with Gasteiger partial charge in [0.05, 0.1) is 0 Å². The summed E-state index contributed by atoms with van der Waals surface area (Å²) in [6, 6.07) is 17.3. The maximum absolute atomic E-state index is 13.5. The van der Waals surface area contributed by atoms with Gasteiger partial charge in [-0.25, -0.2) is 4.79 Å². The largest absolute Gasteiger partial charge is 0.343 e. The maximum atomic E-state index is 13.5. The minimum Gasteiger partial charge on any atom is -0.343 e. The van der Waals surface area contributed by atoms with Crippen LogP contribution in [-0.2, 0) is 11.2 Å². The van der Waals surface area contributed by atoms with Crippen molar-refractivity contribution in [3.63, 3.8) is 0 Å². The number of aryl methyl sites for hydroxylation is 1. The molecule has 1 N–H and O–H groups in total. The SMILES string of the molecule is CN1C(=O)N(CCCc2ccccc2)C(=O)C2C1NC1N(c3ccc(Cl)cc3)CCCN21. The van der Waals surface area contributed by atoms with Crippen molar-refractivity contribution in [1.29, 1.82) is 0 Å². The van der Waals surface area contributed by atoms with Crippen LogP contribution in [0.25, 0.3) is 0 Å². The van der Waals surface area contributed by atoms with E-state index in [1.807, 2.05) is 42.5 Å². The number of likely N-dealkylation sites (N-methyl/N-ethyl adjacent to an activating group) is 1. The van der Waals surface area contributed by atoms with Crippen LogP contribution in [0.4, 0.5) is 10.5 Å². The van der Waals surface area contributed by atoms with Crippen molar-refractivity contribution >= 4 is 29.2 Å². The fourth-order valence-corrected chi connectivity index (χ4v) is 5.23. The molecule has 3 atom stereocenters. The summed E-state index contributed by atoms with van der Waals surface area (Å²) in [7, 11) is 1.79. The predicted molar refractivity (Wildman–Crippen MR) is 124 cm³/mol. The Morgan fingerprint density at radius 1 is 1.03 bits per heavy atom. The van der Waals surface area contributed by atoms with E-state index >= 15 is 0 Å². The third-order valence-corrected chi connectivity index (χ3v) is 6.97. The number of anilines is 1. The van der Waals surface area contributed by atoms with Crippen LogP contribution in [0.1, 0.15) is 18.4 Å². The molecule has 3 saturated heterocycles. The molecule has 8 heteroatoms. The van der Waals surface area contributed by atoms with Crippen LogP contribution in [0.3, 0.4) is 0 Å². The van der Waals surface area contributed by atoms with Crippen molar-refractivity contribution in [3.8, 4) is 0 Å². The lowest BCUT2D eigenvalue weighted by atomic mass is 10.1. The van der Waals surface area contributed by atoms with Gasteiger partial charge < -0.3 is 9.80 Å². The van der Waals surface area contributed by atoms with Crippen molar-refractivity contribution in [3.05, 3.63) is 65.2 Å². The Morgan fingerprint density at radius 2 is 1.78 bits per heavy atom. The normalized spacial score (nSPS) is 25.8. The highest BCUT2D eigenvalue weighted by atomic mass is 35.5. The molecule has 2 aromatic rings. The number of hydrogen-bond acceptors (Lipinski definition) is 5. The van der Waals surface area contributed by atoms with E-state index in [2.05, 4.69) is 27.2 Å². The highest BCUT2D eigenvalue weighted by molar-refractivity contribution is 6.30. The molecule has 0 bridgehead atoms. The topological polar surface area (TPSA) is 59.1 Å². The number of benzene rings is 2. The van der Waals surface area contributed by atoms with Crippen molar-refractivity contribution in [2.24, 2.45) is 0 Å². The summed E-state index contributed by atoms with van der Waals surface area (Å²) in [5.41, 5.74) is 2.27. The predicted octanol–water partition coefficient (Wildman–Crippen LogP) is 2.96. The first-order valence-electron chi connectivity index (χ1n) is 11.2. The number of amides is 3. The molecule has 0 spiro atoms. The molecule has 0 radical (unpaired) electrons. The fraction of sp³-hybridized carbons (Fsp3) is 0.417. The third kappa shape index (κ3) is 3.74. The first kappa shape index (κ1) is 21.2. The van der Waals surface area contributed by atoms with Crippen LogP contribution in [-0.4, -0.2) is 71.8 Å². The third-order valence-electron chi connectivity index (χ3n) is 6.72. The van der Waals surface area contributed by atoms with Crippen LogP contribution < -0.4 is 10.2 Å². The Hall–Kier alpha value is -2.61. The Labute approximate surface area is 193 Å². The molecule has 3 amide bonds. The van der Waals surface area contributed by atoms with Crippen molar-refractivity contribution in [1.82, 2.24) is 20.0 Å². The highest BCUT2D eigenvalue weighted by Crippen LogP contribution is 2.33. The van der Waals surface area contributed by atoms with Crippen LogP contribution in [0, 0.1) is 0 Å². The van der Waals surface area contributed by atoms with Gasteiger partial charge in [-0.05, 0) is 49.1 Å². The summed E-state index contributed by atoms with van der Waals surface area (Å²) in [4.78, 5) is 34.2. The first-order chi connectivity index (χ1) is 15.5. The van der Waals surface area contributed by atoms with Gasteiger partial charge in [0.15, 0.2) is 0 Å². The maximum Gasteiger partial charge on any atom is 0.327 e. The lowest BCUT2D eigenvalue weighted by Gasteiger charge is -2.44. The van der Waals surface area contributed by atoms with Gasteiger partial charge in [0, 0.05) is 37.4 Å². The van der Waals surface area contributed by atoms with Gasteiger partial charge in [-0.1, -0.05) is 41.9 Å². The van der Waals surface area contributed by atoms with Crippen molar-refractivity contribution < 1.29 is 9.59 Å². The Kier molecular flexibility index (Phi) is 5.80. The van der Waals surface area contributed by atoms with Crippen LogP contribution in [0.15, 0.2) is 54.6 Å². The van der Waals surface area contributed by atoms with Crippen LogP contribution >= 0.6 is 11.6 Å². The van der Waals surface area contributed by atoms with Crippen molar-refractivity contribution in [2.75, 3.05) is 31.6 Å². The van der Waals surface area contributed by atoms with Gasteiger partial charge in [-0.15, -0.1) is 0 Å². The minimum atomic E-state index is -0.380. The van der Waals surface area contributed by atoms with Crippen LogP contribution in [0.5, 0.6) is 0 Å². The second-order valence-electron chi connectivity index (χ2n) is 8.66. The summed E-state index contributed by atoms with van der Waals surface area (Å²) in [6.07, 6.45) is 2.07. The number of nitrogens with one attached hydrogen (secondary N) is 1. The molecular formula is C24H28ClN5O2. The molecule has 5 rings (SSSR count). The fourth-order valence-electron chi connectivity index (χ4n) is 5.11. The number of carbonyl (C=O) groups excluding carboxylic acids is 2. The Morgan fingerprint density at radius 3 is 2.53 bits per heavy atom. The second kappa shape index (κ2) is 8.73. The number of nitrogens with zero attached hydrogens (tertiary/aromatic N) is 4. The van der Waals surface area contributed by atoms with Gasteiger partial charge >= 0.3 is 6.03 Å². The Bertz CT molecular complexity index is 986. The summed E-state index contributed by atoms with van der Waals surface area (Å²) in [5, 5.41) is 4.24. The molecule has 7 nitrogen and oxygen atoms in total. The van der Waals surface area contributed by atoms with Gasteiger partial charge in [0.25, 0.3) is 5.91 Å². The summed E-state index contributed by atoms with van der Waals surface area (Å²) in [6.45, 7) is 2.12. The van der Waals surface area contributed by atoms with E-state index < -0.39 is 0 Å². The Balaban J connectivity index is 1.33. The monoisotopic (exact) mass is 453 g/mol. The average molecular weight is 454 g/mol. The van der Waals surface area contributed by atoms with Gasteiger partial charge in [0.1, 0.15) is 18.5 Å². The molecule has 168 valence electrons. The van der Waals surface area contributed by atoms with E-state index in [-0.39, 0.29) is 30.4 Å². The lowest BCUT2D eigenvalue weighted by molar-refractivity contribution is -0.138. The number of urea groups is 1. The highest BCUT2D eigenvalue weighted by Gasteiger charge is 2.55. The smallest absolute Gasteiger partial charge is 0.327 e. The zero-order valence-electron chi connectivity index (χ0n) is 18.2. The van der Waals surface area contributed by atoms with E-state index in [1.54, 1.807) is 11.9 Å². The average Bonchev–Trinajstić information content (AvgIpc) is 3.21. The summed E-state index contributed by atoms with van der Waals surface area (Å²) >= 11 is 6.07. The molecule has 2 aromatic carbocycles. The van der Waals surface area contributed by atoms with E-state index in [1.165, 1.54) is 10.5 Å². The van der Waals surface area contributed by atoms with E-state index in [9.17, 15) is 9.59 Å². The summed E-state index contributed by atoms with van der Waals surface area (Å²) < 4.78 is 0. The quantitative estimate of drug-likeness (QED) is 0.754. The molecule has 3 aliphatic heterocycles. The van der Waals surface area contributed by atoms with Gasteiger partial charge in [-0.3, -0.25) is 19.9 Å². The summed E-state index contributed by atoms with van der Waals surface area (Å²) in [5.74, 6) is -0.0980. The van der Waals surface area contributed by atoms with Gasteiger partial charge in [0.2, 0.25) is 0 Å². The van der Waals surface area contributed by atoms with Crippen LogP contribution in [0.2, 0.25) is 5.02 Å². The number of hydrogen-bond donors (Lipinski definition) is 1. The number of rotatable bonds is 5. The lowest BCUT2D eigenvalue weighted by Crippen LogP contribution is -2.66. The molecule has 3 fully saturated rings. The zero-order chi connectivity index (χ0) is 22.2.